The summed E-state index contributed by atoms with van der Waals surface area (Å²) in [6.45, 7) is 0. The first-order valence-corrected chi connectivity index (χ1v) is 12.4. The average molecular weight is 464 g/mol. The Balaban J connectivity index is 1.76. The van der Waals surface area contributed by atoms with Crippen LogP contribution >= 0.6 is 30.5 Å². The molecule has 1 unspecified atom stereocenters. The third-order valence-electron chi connectivity index (χ3n) is 4.76. The molecule has 1 atom stereocenters. The first kappa shape index (κ1) is 21.5. The van der Waals surface area contributed by atoms with E-state index in [9.17, 15) is 4.57 Å². The zero-order valence-corrected chi connectivity index (χ0v) is 19.0. The molecule has 0 aliphatic carbocycles. The van der Waals surface area contributed by atoms with E-state index in [2.05, 4.69) is 5.09 Å². The molecule has 0 saturated heterocycles. The second-order valence-electron chi connectivity index (χ2n) is 7.07. The number of halogens is 2. The number of anilines is 1. The average Bonchev–Trinajstić information content (AvgIpc) is 2.80. The van der Waals surface area contributed by atoms with Crippen molar-refractivity contribution in [1.82, 2.24) is 0 Å². The van der Waals surface area contributed by atoms with E-state index in [1.807, 2.05) is 103 Å². The Morgan fingerprint density at radius 2 is 1.13 bits per heavy atom. The van der Waals surface area contributed by atoms with Crippen molar-refractivity contribution in [2.24, 2.45) is 0 Å². The van der Waals surface area contributed by atoms with Gasteiger partial charge in [0.15, 0.2) is 0 Å². The van der Waals surface area contributed by atoms with Gasteiger partial charge in [-0.3, -0.25) is 4.57 Å². The molecule has 0 amide bonds. The highest BCUT2D eigenvalue weighted by Gasteiger charge is 2.20. The molecule has 4 aromatic carbocycles. The minimum absolute atomic E-state index is 0.394. The first-order valence-electron chi connectivity index (χ1n) is 9.76. The SMILES string of the molecule is O=P(/C=C(\Cl)c1ccccc1)(/C=C(/Cl)c1ccccc1)Nc1ccc2ccccc2c1. The second-order valence-corrected chi connectivity index (χ2v) is 10.0. The summed E-state index contributed by atoms with van der Waals surface area (Å²) < 4.78 is 14.1. The fourth-order valence-electron chi connectivity index (χ4n) is 3.24. The molecule has 0 fully saturated rings. The molecule has 0 saturated carbocycles. The van der Waals surface area contributed by atoms with Crippen LogP contribution in [0.3, 0.4) is 0 Å². The largest absolute Gasteiger partial charge is 0.330 e. The lowest BCUT2D eigenvalue weighted by atomic mass is 10.1. The minimum atomic E-state index is -3.30. The summed E-state index contributed by atoms with van der Waals surface area (Å²) in [5.41, 5.74) is 2.30. The number of rotatable bonds is 6. The Bertz CT molecular complexity index is 1240. The number of nitrogens with one attached hydrogen (secondary N) is 1. The summed E-state index contributed by atoms with van der Waals surface area (Å²) in [4.78, 5) is 0. The van der Waals surface area contributed by atoms with Crippen LogP contribution in [0.1, 0.15) is 11.1 Å². The van der Waals surface area contributed by atoms with Gasteiger partial charge in [-0.25, -0.2) is 0 Å². The third-order valence-corrected chi connectivity index (χ3v) is 7.61. The van der Waals surface area contributed by atoms with Gasteiger partial charge in [-0.05, 0) is 34.0 Å². The van der Waals surface area contributed by atoms with Gasteiger partial charge in [-0.15, -0.1) is 0 Å². The van der Waals surface area contributed by atoms with Crippen molar-refractivity contribution < 1.29 is 4.57 Å². The van der Waals surface area contributed by atoms with Crippen LogP contribution < -0.4 is 5.09 Å². The fourth-order valence-corrected chi connectivity index (χ4v) is 6.08. The Hall–Kier alpha value is -2.77. The van der Waals surface area contributed by atoms with E-state index in [-0.39, 0.29) is 0 Å². The van der Waals surface area contributed by atoms with Crippen molar-refractivity contribution in [2.45, 2.75) is 0 Å². The van der Waals surface area contributed by atoms with E-state index in [1.165, 1.54) is 0 Å². The van der Waals surface area contributed by atoms with E-state index < -0.39 is 7.29 Å². The van der Waals surface area contributed by atoms with Crippen molar-refractivity contribution in [3.8, 4) is 0 Å². The Morgan fingerprint density at radius 1 is 0.645 bits per heavy atom. The Morgan fingerprint density at radius 3 is 1.68 bits per heavy atom. The summed E-state index contributed by atoms with van der Waals surface area (Å²) in [5.74, 6) is 3.12. The lowest BCUT2D eigenvalue weighted by Crippen LogP contribution is -1.94. The summed E-state index contributed by atoms with van der Waals surface area (Å²) in [5, 5.41) is 6.13. The van der Waals surface area contributed by atoms with Crippen molar-refractivity contribution in [3.05, 3.63) is 126 Å². The molecule has 0 heterocycles. The standard InChI is InChI=1S/C26H20Cl2NOP/c27-25(21-10-3-1-4-11-21)18-31(30,19-26(28)22-12-5-2-6-13-22)29-24-16-15-20-9-7-8-14-23(20)17-24/h1-19H,(H,29,30)/b25-18-,26-19+. The van der Waals surface area contributed by atoms with Crippen LogP contribution in [0.25, 0.3) is 20.8 Å². The van der Waals surface area contributed by atoms with Gasteiger partial charge in [0, 0.05) is 17.3 Å². The first-order chi connectivity index (χ1) is 15.0. The Kier molecular flexibility index (Phi) is 6.63. The van der Waals surface area contributed by atoms with E-state index in [0.717, 1.165) is 27.6 Å². The smallest absolute Gasteiger partial charge is 0.216 e. The van der Waals surface area contributed by atoms with Gasteiger partial charge in [0.25, 0.3) is 0 Å². The van der Waals surface area contributed by atoms with Crippen molar-refractivity contribution in [3.63, 3.8) is 0 Å². The lowest BCUT2D eigenvalue weighted by Gasteiger charge is -2.16. The molecular weight excluding hydrogens is 444 g/mol. The highest BCUT2D eigenvalue weighted by atomic mass is 35.5. The molecule has 1 N–H and O–H groups in total. The second kappa shape index (κ2) is 9.58. The van der Waals surface area contributed by atoms with E-state index in [0.29, 0.717) is 10.1 Å². The molecule has 0 spiro atoms. The molecule has 5 heteroatoms. The van der Waals surface area contributed by atoms with Gasteiger partial charge in [-0.2, -0.15) is 0 Å². The number of fused-ring (bicyclic) bond motifs is 1. The van der Waals surface area contributed by atoms with Gasteiger partial charge < -0.3 is 5.09 Å². The maximum atomic E-state index is 14.1. The van der Waals surface area contributed by atoms with Crippen LogP contribution in [0.4, 0.5) is 5.69 Å². The van der Waals surface area contributed by atoms with Gasteiger partial charge in [0.2, 0.25) is 7.29 Å². The summed E-state index contributed by atoms with van der Waals surface area (Å²) in [7, 11) is -3.30. The van der Waals surface area contributed by atoms with Gasteiger partial charge in [0.05, 0.1) is 10.1 Å². The highest BCUT2D eigenvalue weighted by molar-refractivity contribution is 7.72. The van der Waals surface area contributed by atoms with Crippen molar-refractivity contribution in [2.75, 3.05) is 5.09 Å². The maximum absolute atomic E-state index is 14.1. The van der Waals surface area contributed by atoms with Gasteiger partial charge >= 0.3 is 0 Å². The lowest BCUT2D eigenvalue weighted by molar-refractivity contribution is 0.589. The Labute approximate surface area is 192 Å². The third kappa shape index (κ3) is 5.48. The van der Waals surface area contributed by atoms with E-state index in [1.54, 1.807) is 11.6 Å². The van der Waals surface area contributed by atoms with Crippen LogP contribution in [0.5, 0.6) is 0 Å². The molecule has 0 aromatic heterocycles. The summed E-state index contributed by atoms with van der Waals surface area (Å²) in [6.07, 6.45) is 0. The minimum Gasteiger partial charge on any atom is -0.330 e. The molecule has 4 rings (SSSR count). The quantitative estimate of drug-likeness (QED) is 0.289. The predicted octanol–water partition coefficient (Wildman–Crippen LogP) is 9.00. The van der Waals surface area contributed by atoms with Crippen LogP contribution in [-0.2, 0) is 4.57 Å². The molecule has 4 aromatic rings. The number of benzene rings is 4. The zero-order chi connectivity index (χ0) is 21.7. The van der Waals surface area contributed by atoms with Crippen LogP contribution in [0, 0.1) is 0 Å². The topological polar surface area (TPSA) is 29.1 Å². The van der Waals surface area contributed by atoms with Crippen LogP contribution in [0.2, 0.25) is 0 Å². The molecule has 0 aliphatic heterocycles. The molecule has 0 aliphatic rings. The van der Waals surface area contributed by atoms with E-state index in [4.69, 9.17) is 23.2 Å². The fraction of sp³-hybridized carbons (Fsp3) is 0. The maximum Gasteiger partial charge on any atom is 0.216 e. The van der Waals surface area contributed by atoms with Crippen LogP contribution in [0.15, 0.2) is 115 Å². The van der Waals surface area contributed by atoms with E-state index >= 15 is 0 Å². The number of hydrogen-bond acceptors (Lipinski definition) is 1. The molecule has 0 radical (unpaired) electrons. The van der Waals surface area contributed by atoms with Gasteiger partial charge in [0.1, 0.15) is 0 Å². The van der Waals surface area contributed by atoms with Crippen LogP contribution in [-0.4, -0.2) is 0 Å². The molecule has 0 bridgehead atoms. The monoisotopic (exact) mass is 463 g/mol. The molecule has 154 valence electrons. The molecule has 31 heavy (non-hydrogen) atoms. The number of hydrogen-bond donors (Lipinski definition) is 1. The summed E-state index contributed by atoms with van der Waals surface area (Å²) in [6, 6.07) is 32.8. The zero-order valence-electron chi connectivity index (χ0n) is 16.6. The van der Waals surface area contributed by atoms with Crippen molar-refractivity contribution >= 4 is 57.0 Å². The van der Waals surface area contributed by atoms with Crippen molar-refractivity contribution in [1.29, 1.82) is 0 Å². The predicted molar refractivity (Wildman–Crippen MR) is 136 cm³/mol. The molecule has 2 nitrogen and oxygen atoms in total. The highest BCUT2D eigenvalue weighted by Crippen LogP contribution is 2.53. The van der Waals surface area contributed by atoms with Gasteiger partial charge in [-0.1, -0.05) is 114 Å². The molecular formula is C26H20Cl2NOP. The normalized spacial score (nSPS) is 14.3. The summed E-state index contributed by atoms with van der Waals surface area (Å²) >= 11 is 13.1.